The lowest BCUT2D eigenvalue weighted by atomic mass is 10.1. The largest absolute Gasteiger partial charge is 0.294 e. The molecule has 0 saturated heterocycles. The fourth-order valence-corrected chi connectivity index (χ4v) is 1.88. The second-order valence-electron chi connectivity index (χ2n) is 3.15. The number of rotatable bonds is 1. The van der Waals surface area contributed by atoms with Crippen LogP contribution in [0.25, 0.3) is 10.8 Å². The Kier molecular flexibility index (Phi) is 2.13. The Labute approximate surface area is 86.5 Å². The van der Waals surface area contributed by atoms with E-state index in [4.69, 9.17) is 4.55 Å². The Balaban J connectivity index is 2.73. The molecule has 0 fully saturated rings. The zero-order chi connectivity index (χ0) is 11.1. The summed E-state index contributed by atoms with van der Waals surface area (Å²) in [5.74, 6) is -0.137. The van der Waals surface area contributed by atoms with Gasteiger partial charge in [0.25, 0.3) is 10.1 Å². The van der Waals surface area contributed by atoms with Gasteiger partial charge in [0.05, 0.1) is 4.90 Å². The summed E-state index contributed by atoms with van der Waals surface area (Å²) < 4.78 is 30.5. The van der Waals surface area contributed by atoms with Crippen molar-refractivity contribution in [3.05, 3.63) is 36.4 Å². The van der Waals surface area contributed by atoms with Crippen molar-refractivity contribution in [2.24, 2.45) is 0 Å². The van der Waals surface area contributed by atoms with Gasteiger partial charge in [0, 0.05) is 0 Å². The van der Waals surface area contributed by atoms with Crippen LogP contribution in [0.2, 0.25) is 0 Å². The van der Waals surface area contributed by atoms with E-state index < -0.39 is 10.1 Å². The third kappa shape index (κ3) is 1.93. The molecule has 0 aromatic heterocycles. The molecule has 0 saturated carbocycles. The molecule has 0 amide bonds. The van der Waals surface area contributed by atoms with Crippen molar-refractivity contribution in [3.63, 3.8) is 0 Å². The van der Waals surface area contributed by atoms with Crippen molar-refractivity contribution in [2.75, 3.05) is 0 Å². The highest BCUT2D eigenvalue weighted by atomic mass is 32.2. The van der Waals surface area contributed by atoms with Crippen LogP contribution in [0.5, 0.6) is 5.75 Å². The van der Waals surface area contributed by atoms with Crippen LogP contribution in [0.15, 0.2) is 41.3 Å². The van der Waals surface area contributed by atoms with Gasteiger partial charge in [0.1, 0.15) is 0 Å². The maximum absolute atomic E-state index is 11.0. The van der Waals surface area contributed by atoms with E-state index in [0.717, 1.165) is 0 Å². The molecule has 1 radical (unpaired) electrons. The summed E-state index contributed by atoms with van der Waals surface area (Å²) in [5.41, 5.74) is 0. The summed E-state index contributed by atoms with van der Waals surface area (Å²) in [6, 6.07) is 8.34. The molecule has 2 aromatic rings. The minimum Gasteiger partial charge on any atom is -0.290 e. The van der Waals surface area contributed by atoms with E-state index in [2.05, 4.69) is 0 Å². The van der Waals surface area contributed by atoms with E-state index in [1.165, 1.54) is 36.4 Å². The molecule has 2 rings (SSSR count). The van der Waals surface area contributed by atoms with Crippen molar-refractivity contribution < 1.29 is 18.1 Å². The lowest BCUT2D eigenvalue weighted by molar-refractivity contribution is 0.355. The van der Waals surface area contributed by atoms with E-state index in [1.807, 2.05) is 0 Å². The van der Waals surface area contributed by atoms with E-state index in [9.17, 15) is 13.5 Å². The molecule has 0 bridgehead atoms. The smallest absolute Gasteiger partial charge is 0.290 e. The van der Waals surface area contributed by atoms with Crippen molar-refractivity contribution in [3.8, 4) is 5.75 Å². The zero-order valence-electron chi connectivity index (χ0n) is 7.54. The average Bonchev–Trinajstić information content (AvgIpc) is 2.15. The first kappa shape index (κ1) is 9.95. The Morgan fingerprint density at radius 1 is 0.933 bits per heavy atom. The molecule has 0 heterocycles. The number of hydrogen-bond donors (Lipinski definition) is 1. The van der Waals surface area contributed by atoms with Gasteiger partial charge in [-0.25, -0.2) is 0 Å². The van der Waals surface area contributed by atoms with Gasteiger partial charge in [0.15, 0.2) is 5.75 Å². The minimum absolute atomic E-state index is 0.137. The Bertz CT molecular complexity index is 616. The maximum Gasteiger partial charge on any atom is 0.294 e. The van der Waals surface area contributed by atoms with Crippen molar-refractivity contribution in [1.29, 1.82) is 0 Å². The fourth-order valence-electron chi connectivity index (χ4n) is 1.36. The lowest BCUT2D eigenvalue weighted by Crippen LogP contribution is -1.97. The van der Waals surface area contributed by atoms with Crippen LogP contribution in [0, 0.1) is 0 Å². The van der Waals surface area contributed by atoms with Crippen molar-refractivity contribution >= 4 is 20.9 Å². The van der Waals surface area contributed by atoms with E-state index in [1.54, 1.807) is 0 Å². The third-order valence-electron chi connectivity index (χ3n) is 2.08. The molecule has 0 aliphatic carbocycles. The summed E-state index contributed by atoms with van der Waals surface area (Å²) in [4.78, 5) is -0.173. The van der Waals surface area contributed by atoms with Gasteiger partial charge >= 0.3 is 0 Å². The van der Waals surface area contributed by atoms with Crippen molar-refractivity contribution in [1.82, 2.24) is 0 Å². The van der Waals surface area contributed by atoms with Crippen LogP contribution in [-0.4, -0.2) is 13.0 Å². The highest BCUT2D eigenvalue weighted by Gasteiger charge is 2.09. The van der Waals surface area contributed by atoms with E-state index >= 15 is 0 Å². The second-order valence-corrected chi connectivity index (χ2v) is 4.57. The second kappa shape index (κ2) is 3.22. The van der Waals surface area contributed by atoms with Gasteiger partial charge in [-0.3, -0.25) is 9.66 Å². The molecular weight excluding hydrogens is 216 g/mol. The Hall–Kier alpha value is -1.59. The lowest BCUT2D eigenvalue weighted by Gasteiger charge is -2.00. The van der Waals surface area contributed by atoms with Crippen molar-refractivity contribution in [2.45, 2.75) is 4.90 Å². The summed E-state index contributed by atoms with van der Waals surface area (Å²) in [5, 5.41) is 12.2. The molecule has 0 atom stereocenters. The topological polar surface area (TPSA) is 74.3 Å². The predicted molar refractivity (Wildman–Crippen MR) is 53.9 cm³/mol. The summed E-state index contributed by atoms with van der Waals surface area (Å²) >= 11 is 0. The van der Waals surface area contributed by atoms with E-state index in [0.29, 0.717) is 10.8 Å². The molecule has 5 heteroatoms. The summed E-state index contributed by atoms with van der Waals surface area (Å²) in [6.07, 6.45) is 0. The number of benzene rings is 2. The molecule has 0 unspecified atom stereocenters. The molecule has 0 aliphatic heterocycles. The first-order valence-corrected chi connectivity index (χ1v) is 5.59. The zero-order valence-corrected chi connectivity index (χ0v) is 8.36. The van der Waals surface area contributed by atoms with Crippen LogP contribution in [-0.2, 0) is 15.2 Å². The van der Waals surface area contributed by atoms with Gasteiger partial charge in [-0.2, -0.15) is 8.42 Å². The third-order valence-corrected chi connectivity index (χ3v) is 2.93. The maximum atomic E-state index is 11.0. The average molecular weight is 223 g/mol. The standard InChI is InChI=1S/C10H7O4S/c11-9-3-1-8-6-10(15(12,13)14)4-2-7(8)5-9/h1-6H,(H,12,13,14). The first-order valence-electron chi connectivity index (χ1n) is 4.15. The number of fused-ring (bicyclic) bond motifs is 1. The van der Waals surface area contributed by atoms with Crippen LogP contribution in [0.1, 0.15) is 0 Å². The van der Waals surface area contributed by atoms with Crippen LogP contribution < -0.4 is 0 Å². The van der Waals surface area contributed by atoms with Crippen LogP contribution >= 0.6 is 0 Å². The Morgan fingerprint density at radius 2 is 1.53 bits per heavy atom. The molecule has 2 aromatic carbocycles. The predicted octanol–water partition coefficient (Wildman–Crippen LogP) is 2.23. The van der Waals surface area contributed by atoms with Crippen LogP contribution in [0.3, 0.4) is 0 Å². The van der Waals surface area contributed by atoms with Gasteiger partial charge in [-0.1, -0.05) is 12.1 Å². The van der Waals surface area contributed by atoms with E-state index in [-0.39, 0.29) is 10.6 Å². The molecule has 1 N–H and O–H groups in total. The molecule has 15 heavy (non-hydrogen) atoms. The molecule has 0 aliphatic rings. The highest BCUT2D eigenvalue weighted by molar-refractivity contribution is 7.85. The van der Waals surface area contributed by atoms with Gasteiger partial charge in [0.2, 0.25) is 0 Å². The summed E-state index contributed by atoms with van der Waals surface area (Å²) in [6.45, 7) is 0. The monoisotopic (exact) mass is 223 g/mol. The minimum atomic E-state index is -4.18. The van der Waals surface area contributed by atoms with Gasteiger partial charge in [-0.05, 0) is 35.0 Å². The van der Waals surface area contributed by atoms with Crippen LogP contribution in [0.4, 0.5) is 0 Å². The quantitative estimate of drug-likeness (QED) is 0.753. The normalized spacial score (nSPS) is 11.8. The number of hydrogen-bond acceptors (Lipinski definition) is 2. The summed E-state index contributed by atoms with van der Waals surface area (Å²) in [7, 11) is -4.18. The molecular formula is C10H7O4S. The molecule has 4 nitrogen and oxygen atoms in total. The Morgan fingerprint density at radius 3 is 2.20 bits per heavy atom. The molecule has 77 valence electrons. The van der Waals surface area contributed by atoms with Gasteiger partial charge < -0.3 is 0 Å². The first-order chi connectivity index (χ1) is 6.97. The molecule has 0 spiro atoms. The SMILES string of the molecule is [O]c1ccc2cc(S(=O)(=O)O)ccc2c1. The van der Waals surface area contributed by atoms with Gasteiger partial charge in [-0.15, -0.1) is 0 Å². The fraction of sp³-hybridized carbons (Fsp3) is 0. The highest BCUT2D eigenvalue weighted by Crippen LogP contribution is 2.23.